The first-order valence-electron chi connectivity index (χ1n) is 6.31. The number of hydrogen-bond acceptors (Lipinski definition) is 2. The summed E-state index contributed by atoms with van der Waals surface area (Å²) in [6.07, 6.45) is 1.91. The molecule has 17 heavy (non-hydrogen) atoms. The molecule has 92 valence electrons. The van der Waals surface area contributed by atoms with Gasteiger partial charge in [-0.3, -0.25) is 0 Å². The molecule has 0 amide bonds. The second-order valence-corrected chi connectivity index (χ2v) is 5.15. The number of fused-ring (bicyclic) bond motifs is 1. The fourth-order valence-corrected chi connectivity index (χ4v) is 2.03. The van der Waals surface area contributed by atoms with E-state index in [1.807, 2.05) is 0 Å². The predicted octanol–water partition coefficient (Wildman–Crippen LogP) is 3.66. The number of hydrogen-bond donors (Lipinski definition) is 1. The minimum atomic E-state index is 0.254. The molecule has 0 saturated heterocycles. The van der Waals surface area contributed by atoms with Crippen LogP contribution in [0.4, 0.5) is 0 Å². The van der Waals surface area contributed by atoms with Crippen molar-refractivity contribution >= 4 is 11.0 Å². The summed E-state index contributed by atoms with van der Waals surface area (Å²) in [4.78, 5) is 0. The van der Waals surface area contributed by atoms with Gasteiger partial charge < -0.3 is 10.2 Å². The summed E-state index contributed by atoms with van der Waals surface area (Å²) in [5, 5.41) is 1.19. The highest BCUT2D eigenvalue weighted by molar-refractivity contribution is 5.80. The Morgan fingerprint density at radius 1 is 1.29 bits per heavy atom. The van der Waals surface area contributed by atoms with Crippen LogP contribution in [0.5, 0.6) is 0 Å². The van der Waals surface area contributed by atoms with E-state index in [0.717, 1.165) is 24.2 Å². The molecule has 1 aromatic carbocycles. The Hall–Kier alpha value is -1.28. The van der Waals surface area contributed by atoms with Crippen LogP contribution in [0.25, 0.3) is 11.0 Å². The van der Waals surface area contributed by atoms with Crippen molar-refractivity contribution in [3.05, 3.63) is 35.6 Å². The van der Waals surface area contributed by atoms with Crippen LogP contribution in [0.2, 0.25) is 0 Å². The Balaban J connectivity index is 2.12. The molecule has 2 heteroatoms. The molecule has 1 atom stereocenters. The Morgan fingerprint density at radius 2 is 2.06 bits per heavy atom. The molecule has 2 nitrogen and oxygen atoms in total. The molecule has 0 aliphatic heterocycles. The largest absolute Gasteiger partial charge is 0.461 e. The third-order valence-corrected chi connectivity index (χ3v) is 3.37. The van der Waals surface area contributed by atoms with Gasteiger partial charge in [-0.1, -0.05) is 32.0 Å². The van der Waals surface area contributed by atoms with E-state index in [4.69, 9.17) is 10.2 Å². The highest BCUT2D eigenvalue weighted by atomic mass is 16.3. The number of benzene rings is 1. The average Bonchev–Trinajstić information content (AvgIpc) is 2.70. The van der Waals surface area contributed by atoms with Gasteiger partial charge in [0.05, 0.1) is 0 Å². The van der Waals surface area contributed by atoms with Crippen molar-refractivity contribution in [2.24, 2.45) is 11.7 Å². The Bertz CT molecular complexity index is 499. The van der Waals surface area contributed by atoms with E-state index in [-0.39, 0.29) is 6.04 Å². The van der Waals surface area contributed by atoms with Crippen LogP contribution in [0.1, 0.15) is 31.6 Å². The van der Waals surface area contributed by atoms with Crippen LogP contribution in [-0.2, 0) is 6.42 Å². The fourth-order valence-electron chi connectivity index (χ4n) is 2.03. The molecule has 1 heterocycles. The Kier molecular flexibility index (Phi) is 3.53. The Morgan fingerprint density at radius 3 is 2.71 bits per heavy atom. The summed E-state index contributed by atoms with van der Waals surface area (Å²) in [7, 11) is 0. The van der Waals surface area contributed by atoms with Crippen molar-refractivity contribution in [2.45, 2.75) is 39.7 Å². The lowest BCUT2D eigenvalue weighted by Crippen LogP contribution is -2.26. The average molecular weight is 231 g/mol. The maximum atomic E-state index is 6.05. The standard InChI is InChI=1S/C15H21NO/c1-10(2)14(16)8-7-13-9-12-6-4-5-11(3)15(12)17-13/h4-6,9-10,14H,7-8,16H2,1-3H3. The Labute approximate surface area is 103 Å². The van der Waals surface area contributed by atoms with Crippen LogP contribution in [0.3, 0.4) is 0 Å². The summed E-state index contributed by atoms with van der Waals surface area (Å²) >= 11 is 0. The third kappa shape index (κ3) is 2.70. The quantitative estimate of drug-likeness (QED) is 0.872. The predicted molar refractivity (Wildman–Crippen MR) is 72.1 cm³/mol. The molecule has 2 rings (SSSR count). The number of furan rings is 1. The topological polar surface area (TPSA) is 39.2 Å². The van der Waals surface area contributed by atoms with Crippen molar-refractivity contribution in [2.75, 3.05) is 0 Å². The normalized spacial score (nSPS) is 13.5. The zero-order valence-corrected chi connectivity index (χ0v) is 10.9. The highest BCUT2D eigenvalue weighted by Crippen LogP contribution is 2.23. The molecule has 1 aromatic heterocycles. The van der Waals surface area contributed by atoms with Gasteiger partial charge in [0.2, 0.25) is 0 Å². The van der Waals surface area contributed by atoms with E-state index in [2.05, 4.69) is 45.0 Å². The van der Waals surface area contributed by atoms with Gasteiger partial charge in [0.1, 0.15) is 11.3 Å². The molecule has 0 aliphatic rings. The maximum Gasteiger partial charge on any atom is 0.137 e. The first kappa shape index (κ1) is 12.2. The smallest absolute Gasteiger partial charge is 0.137 e. The molecule has 0 radical (unpaired) electrons. The van der Waals surface area contributed by atoms with E-state index in [9.17, 15) is 0 Å². The van der Waals surface area contributed by atoms with Gasteiger partial charge in [-0.25, -0.2) is 0 Å². The van der Waals surface area contributed by atoms with Crippen molar-refractivity contribution in [3.63, 3.8) is 0 Å². The molecule has 0 spiro atoms. The number of nitrogens with two attached hydrogens (primary N) is 1. The summed E-state index contributed by atoms with van der Waals surface area (Å²) in [6, 6.07) is 8.63. The lowest BCUT2D eigenvalue weighted by molar-refractivity contribution is 0.441. The van der Waals surface area contributed by atoms with E-state index in [1.165, 1.54) is 10.9 Å². The van der Waals surface area contributed by atoms with E-state index in [0.29, 0.717) is 5.92 Å². The van der Waals surface area contributed by atoms with E-state index >= 15 is 0 Å². The first-order chi connectivity index (χ1) is 8.08. The zero-order valence-electron chi connectivity index (χ0n) is 10.9. The SMILES string of the molecule is Cc1cccc2cc(CCC(N)C(C)C)oc12. The van der Waals surface area contributed by atoms with Crippen LogP contribution in [0.15, 0.2) is 28.7 Å². The monoisotopic (exact) mass is 231 g/mol. The molecule has 1 unspecified atom stereocenters. The second kappa shape index (κ2) is 4.92. The van der Waals surface area contributed by atoms with Crippen LogP contribution >= 0.6 is 0 Å². The van der Waals surface area contributed by atoms with Crippen molar-refractivity contribution in [1.82, 2.24) is 0 Å². The van der Waals surface area contributed by atoms with Gasteiger partial charge in [-0.2, -0.15) is 0 Å². The van der Waals surface area contributed by atoms with Gasteiger partial charge in [0.15, 0.2) is 0 Å². The number of aryl methyl sites for hydroxylation is 2. The van der Waals surface area contributed by atoms with Crippen molar-refractivity contribution in [1.29, 1.82) is 0 Å². The molecular formula is C15H21NO. The van der Waals surface area contributed by atoms with Crippen molar-refractivity contribution < 1.29 is 4.42 Å². The summed E-state index contributed by atoms with van der Waals surface area (Å²) in [6.45, 7) is 6.40. The van der Waals surface area contributed by atoms with E-state index in [1.54, 1.807) is 0 Å². The van der Waals surface area contributed by atoms with Gasteiger partial charge in [-0.05, 0) is 30.9 Å². The lowest BCUT2D eigenvalue weighted by Gasteiger charge is -2.13. The highest BCUT2D eigenvalue weighted by Gasteiger charge is 2.10. The molecule has 0 aliphatic carbocycles. The molecule has 2 aromatic rings. The third-order valence-electron chi connectivity index (χ3n) is 3.37. The summed E-state index contributed by atoms with van der Waals surface area (Å²) in [5.41, 5.74) is 8.26. The van der Waals surface area contributed by atoms with Crippen LogP contribution in [-0.4, -0.2) is 6.04 Å². The van der Waals surface area contributed by atoms with Gasteiger partial charge >= 0.3 is 0 Å². The number of para-hydroxylation sites is 1. The lowest BCUT2D eigenvalue weighted by atomic mass is 10.00. The van der Waals surface area contributed by atoms with Crippen LogP contribution in [0, 0.1) is 12.8 Å². The summed E-state index contributed by atoms with van der Waals surface area (Å²) in [5.74, 6) is 1.58. The van der Waals surface area contributed by atoms with Crippen molar-refractivity contribution in [3.8, 4) is 0 Å². The van der Waals surface area contributed by atoms with E-state index < -0.39 is 0 Å². The second-order valence-electron chi connectivity index (χ2n) is 5.15. The van der Waals surface area contributed by atoms with Gasteiger partial charge in [-0.15, -0.1) is 0 Å². The molecule has 0 bridgehead atoms. The summed E-state index contributed by atoms with van der Waals surface area (Å²) < 4.78 is 5.87. The maximum absolute atomic E-state index is 6.05. The minimum absolute atomic E-state index is 0.254. The first-order valence-corrected chi connectivity index (χ1v) is 6.31. The zero-order chi connectivity index (χ0) is 12.4. The van der Waals surface area contributed by atoms with Gasteiger partial charge in [0, 0.05) is 17.8 Å². The van der Waals surface area contributed by atoms with Gasteiger partial charge in [0.25, 0.3) is 0 Å². The number of rotatable bonds is 4. The molecule has 0 fully saturated rings. The molecule has 0 saturated carbocycles. The van der Waals surface area contributed by atoms with Crippen LogP contribution < -0.4 is 5.73 Å². The molecular weight excluding hydrogens is 210 g/mol. The molecule has 2 N–H and O–H groups in total. The minimum Gasteiger partial charge on any atom is -0.461 e. The fraction of sp³-hybridized carbons (Fsp3) is 0.467.